The Morgan fingerprint density at radius 1 is 1.40 bits per heavy atom. The molecule has 15 heavy (non-hydrogen) atoms. The number of allylic oxidation sites excluding steroid dienone is 1. The van der Waals surface area contributed by atoms with E-state index in [1.807, 2.05) is 0 Å². The Kier molecular flexibility index (Phi) is 4.09. The second kappa shape index (κ2) is 5.59. The average molecular weight is 206 g/mol. The van der Waals surface area contributed by atoms with E-state index in [9.17, 15) is 9.59 Å². The van der Waals surface area contributed by atoms with Crippen LogP contribution in [0.5, 0.6) is 5.75 Å². The summed E-state index contributed by atoms with van der Waals surface area (Å²) in [5.41, 5.74) is 0.672. The molecule has 1 N–H and O–H groups in total. The molecule has 4 nitrogen and oxygen atoms in total. The standard InChI is InChI=1S/C11H10O4/c12-7-3-5-9-4-1-2-6-10(9)15-8-11(13)14/h1-7H,8H2,(H,13,14). The van der Waals surface area contributed by atoms with Crippen molar-refractivity contribution in [2.45, 2.75) is 0 Å². The third-order valence-electron chi connectivity index (χ3n) is 1.62. The number of carboxylic acids is 1. The predicted octanol–water partition coefficient (Wildman–Crippen LogP) is 1.36. The quantitative estimate of drug-likeness (QED) is 0.583. The van der Waals surface area contributed by atoms with Crippen LogP contribution in [0.4, 0.5) is 0 Å². The maximum Gasteiger partial charge on any atom is 0.341 e. The maximum absolute atomic E-state index is 10.3. The lowest BCUT2D eigenvalue weighted by molar-refractivity contribution is -0.139. The van der Waals surface area contributed by atoms with Crippen LogP contribution in [0.15, 0.2) is 30.3 Å². The fourth-order valence-corrected chi connectivity index (χ4v) is 1.03. The molecular formula is C11H10O4. The molecule has 0 aliphatic heterocycles. The van der Waals surface area contributed by atoms with E-state index in [2.05, 4.69) is 0 Å². The molecule has 0 radical (unpaired) electrons. The van der Waals surface area contributed by atoms with Gasteiger partial charge in [0.05, 0.1) is 0 Å². The maximum atomic E-state index is 10.3. The summed E-state index contributed by atoms with van der Waals surface area (Å²) in [5, 5.41) is 8.44. The van der Waals surface area contributed by atoms with Gasteiger partial charge in [-0.15, -0.1) is 0 Å². The molecule has 0 heterocycles. The molecule has 4 heteroatoms. The molecule has 0 unspecified atom stereocenters. The highest BCUT2D eigenvalue weighted by atomic mass is 16.5. The monoisotopic (exact) mass is 206 g/mol. The Morgan fingerprint density at radius 3 is 2.80 bits per heavy atom. The van der Waals surface area contributed by atoms with Gasteiger partial charge in [0.15, 0.2) is 6.61 Å². The van der Waals surface area contributed by atoms with Crippen molar-refractivity contribution < 1.29 is 19.4 Å². The van der Waals surface area contributed by atoms with Crippen LogP contribution in [0, 0.1) is 0 Å². The molecule has 0 saturated heterocycles. The highest BCUT2D eigenvalue weighted by Gasteiger charge is 2.02. The van der Waals surface area contributed by atoms with E-state index in [1.165, 1.54) is 6.08 Å². The van der Waals surface area contributed by atoms with Gasteiger partial charge in [0, 0.05) is 5.56 Å². The molecule has 78 valence electrons. The van der Waals surface area contributed by atoms with Crippen LogP contribution in [0.2, 0.25) is 0 Å². The lowest BCUT2D eigenvalue weighted by Gasteiger charge is -2.05. The Hall–Kier alpha value is -2.10. The largest absolute Gasteiger partial charge is 0.481 e. The Labute approximate surface area is 86.8 Å². The van der Waals surface area contributed by atoms with Crippen molar-refractivity contribution in [1.82, 2.24) is 0 Å². The van der Waals surface area contributed by atoms with E-state index in [0.29, 0.717) is 17.6 Å². The van der Waals surface area contributed by atoms with Crippen molar-refractivity contribution in [2.75, 3.05) is 6.61 Å². The van der Waals surface area contributed by atoms with Crippen molar-refractivity contribution in [3.63, 3.8) is 0 Å². The molecule has 0 aliphatic carbocycles. The van der Waals surface area contributed by atoms with Gasteiger partial charge in [0.1, 0.15) is 12.0 Å². The summed E-state index contributed by atoms with van der Waals surface area (Å²) in [6, 6.07) is 6.89. The van der Waals surface area contributed by atoms with Crippen LogP contribution in [0.25, 0.3) is 6.08 Å². The molecule has 0 bridgehead atoms. The van der Waals surface area contributed by atoms with E-state index in [1.54, 1.807) is 30.3 Å². The highest BCUT2D eigenvalue weighted by molar-refractivity contribution is 5.75. The van der Waals surface area contributed by atoms with Crippen LogP contribution < -0.4 is 4.74 Å². The number of ether oxygens (including phenoxy) is 1. The molecule has 0 amide bonds. The molecule has 0 aromatic heterocycles. The Balaban J connectivity index is 2.81. The Morgan fingerprint density at radius 2 is 2.13 bits per heavy atom. The van der Waals surface area contributed by atoms with E-state index in [0.717, 1.165) is 0 Å². The summed E-state index contributed by atoms with van der Waals surface area (Å²) in [5.74, 6) is -0.595. The van der Waals surface area contributed by atoms with Crippen molar-refractivity contribution in [3.8, 4) is 5.75 Å². The number of hydrogen-bond donors (Lipinski definition) is 1. The lowest BCUT2D eigenvalue weighted by atomic mass is 10.2. The van der Waals surface area contributed by atoms with E-state index < -0.39 is 12.6 Å². The van der Waals surface area contributed by atoms with Crippen LogP contribution in [0.3, 0.4) is 0 Å². The second-order valence-electron chi connectivity index (χ2n) is 2.72. The fourth-order valence-electron chi connectivity index (χ4n) is 1.03. The first-order valence-corrected chi connectivity index (χ1v) is 4.29. The number of aliphatic carboxylic acids is 1. The predicted molar refractivity (Wildman–Crippen MR) is 54.7 cm³/mol. The van der Waals surface area contributed by atoms with Crippen molar-refractivity contribution in [2.24, 2.45) is 0 Å². The van der Waals surface area contributed by atoms with Crippen LogP contribution >= 0.6 is 0 Å². The van der Waals surface area contributed by atoms with Gasteiger partial charge in [-0.3, -0.25) is 4.79 Å². The van der Waals surface area contributed by atoms with Gasteiger partial charge in [-0.05, 0) is 18.2 Å². The number of carbonyl (C=O) groups is 2. The summed E-state index contributed by atoms with van der Waals surface area (Å²) in [6.07, 6.45) is 3.53. The summed E-state index contributed by atoms with van der Waals surface area (Å²) in [4.78, 5) is 20.4. The molecule has 0 aliphatic rings. The average Bonchev–Trinajstić information content (AvgIpc) is 2.24. The highest BCUT2D eigenvalue weighted by Crippen LogP contribution is 2.18. The molecule has 0 atom stereocenters. The number of benzene rings is 1. The summed E-state index contributed by atoms with van der Waals surface area (Å²) in [6.45, 7) is -0.397. The third-order valence-corrected chi connectivity index (χ3v) is 1.62. The topological polar surface area (TPSA) is 63.6 Å². The van der Waals surface area contributed by atoms with Gasteiger partial charge >= 0.3 is 5.97 Å². The van der Waals surface area contributed by atoms with Crippen molar-refractivity contribution >= 4 is 18.3 Å². The molecule has 1 rings (SSSR count). The van der Waals surface area contributed by atoms with Gasteiger partial charge in [-0.2, -0.15) is 0 Å². The number of para-hydroxylation sites is 1. The molecule has 0 fully saturated rings. The van der Waals surface area contributed by atoms with Crippen LogP contribution in [0.1, 0.15) is 5.56 Å². The zero-order valence-electron chi connectivity index (χ0n) is 7.92. The first-order chi connectivity index (χ1) is 7.24. The van der Waals surface area contributed by atoms with Crippen LogP contribution in [-0.4, -0.2) is 24.0 Å². The zero-order valence-corrected chi connectivity index (χ0v) is 7.92. The van der Waals surface area contributed by atoms with Crippen molar-refractivity contribution in [3.05, 3.63) is 35.9 Å². The Bertz CT molecular complexity index is 382. The van der Waals surface area contributed by atoms with Gasteiger partial charge in [-0.1, -0.05) is 18.2 Å². The zero-order chi connectivity index (χ0) is 11.1. The molecule has 0 spiro atoms. The molecular weight excluding hydrogens is 196 g/mol. The second-order valence-corrected chi connectivity index (χ2v) is 2.72. The molecule has 1 aromatic rings. The van der Waals surface area contributed by atoms with Gasteiger partial charge < -0.3 is 9.84 Å². The van der Waals surface area contributed by atoms with Crippen LogP contribution in [-0.2, 0) is 9.59 Å². The smallest absolute Gasteiger partial charge is 0.341 e. The normalized spacial score (nSPS) is 10.1. The molecule has 0 saturated carbocycles. The number of carbonyl (C=O) groups excluding carboxylic acids is 1. The van der Waals surface area contributed by atoms with E-state index >= 15 is 0 Å². The lowest BCUT2D eigenvalue weighted by Crippen LogP contribution is -2.09. The van der Waals surface area contributed by atoms with E-state index in [4.69, 9.17) is 9.84 Å². The summed E-state index contributed by atoms with van der Waals surface area (Å²) in [7, 11) is 0. The van der Waals surface area contributed by atoms with E-state index in [-0.39, 0.29) is 0 Å². The number of hydrogen-bond acceptors (Lipinski definition) is 3. The molecule has 1 aromatic carbocycles. The minimum absolute atomic E-state index is 0.397. The SMILES string of the molecule is O=CC=Cc1ccccc1OCC(=O)O. The first kappa shape index (κ1) is 11.0. The first-order valence-electron chi connectivity index (χ1n) is 4.29. The fraction of sp³-hybridized carbons (Fsp3) is 0.0909. The minimum atomic E-state index is -1.04. The summed E-state index contributed by atoms with van der Waals surface area (Å²) >= 11 is 0. The summed E-state index contributed by atoms with van der Waals surface area (Å²) < 4.78 is 5.03. The third kappa shape index (κ3) is 3.64. The van der Waals surface area contributed by atoms with Gasteiger partial charge in [0.2, 0.25) is 0 Å². The minimum Gasteiger partial charge on any atom is -0.481 e. The van der Waals surface area contributed by atoms with Gasteiger partial charge in [0.25, 0.3) is 0 Å². The van der Waals surface area contributed by atoms with Gasteiger partial charge in [-0.25, -0.2) is 4.79 Å². The number of rotatable bonds is 5. The number of aldehydes is 1. The van der Waals surface area contributed by atoms with Crippen molar-refractivity contribution in [1.29, 1.82) is 0 Å². The number of carboxylic acid groups (broad SMARTS) is 1.